The van der Waals surface area contributed by atoms with Crippen LogP contribution in [-0.4, -0.2) is 30.7 Å². The van der Waals surface area contributed by atoms with Crippen molar-refractivity contribution in [1.29, 1.82) is 0 Å². The molecule has 3 rings (SSSR count). The minimum absolute atomic E-state index is 0.148. The predicted octanol–water partition coefficient (Wildman–Crippen LogP) is 2.72. The minimum atomic E-state index is 0.148. The van der Waals surface area contributed by atoms with E-state index >= 15 is 0 Å². The third kappa shape index (κ3) is 1.69. The summed E-state index contributed by atoms with van der Waals surface area (Å²) in [7, 11) is 3.71. The molecule has 1 aliphatic rings. The van der Waals surface area contributed by atoms with Crippen molar-refractivity contribution in [3.05, 3.63) is 16.8 Å². The summed E-state index contributed by atoms with van der Waals surface area (Å²) in [5, 5.41) is 4.32. The number of pyridine rings is 1. The molecule has 0 amide bonds. The van der Waals surface area contributed by atoms with Crippen LogP contribution < -0.4 is 5.32 Å². The zero-order valence-electron chi connectivity index (χ0n) is 10.9. The summed E-state index contributed by atoms with van der Waals surface area (Å²) in [6.07, 6.45) is 4.27. The van der Waals surface area contributed by atoms with Gasteiger partial charge in [-0.25, -0.2) is 9.97 Å². The summed E-state index contributed by atoms with van der Waals surface area (Å²) in [5.74, 6) is 0. The van der Waals surface area contributed by atoms with E-state index in [0.717, 1.165) is 27.6 Å². The van der Waals surface area contributed by atoms with Crippen LogP contribution in [0.25, 0.3) is 10.3 Å². The molecule has 4 nitrogen and oxygen atoms in total. The Morgan fingerprint density at radius 3 is 2.89 bits per heavy atom. The number of thiazole rings is 1. The van der Waals surface area contributed by atoms with Crippen LogP contribution in [0.1, 0.15) is 23.4 Å². The van der Waals surface area contributed by atoms with Gasteiger partial charge in [-0.05, 0) is 19.8 Å². The van der Waals surface area contributed by atoms with Crippen molar-refractivity contribution in [1.82, 2.24) is 9.97 Å². The molecule has 1 fully saturated rings. The van der Waals surface area contributed by atoms with Crippen LogP contribution >= 0.6 is 11.3 Å². The van der Waals surface area contributed by atoms with E-state index < -0.39 is 0 Å². The Hall–Kier alpha value is -1.20. The van der Waals surface area contributed by atoms with Crippen LogP contribution in [0.5, 0.6) is 0 Å². The van der Waals surface area contributed by atoms with E-state index in [9.17, 15) is 0 Å². The fraction of sp³-hybridized carbons (Fsp3) is 0.538. The second kappa shape index (κ2) is 4.17. The predicted molar refractivity (Wildman–Crippen MR) is 74.5 cm³/mol. The van der Waals surface area contributed by atoms with Crippen LogP contribution in [0.2, 0.25) is 0 Å². The maximum atomic E-state index is 5.41. The number of nitrogens with zero attached hydrogens (tertiary/aromatic N) is 2. The molecule has 0 saturated heterocycles. The number of fused-ring (bicyclic) bond motifs is 1. The highest BCUT2D eigenvalue weighted by Crippen LogP contribution is 2.53. The topological polar surface area (TPSA) is 47.0 Å². The molecule has 1 saturated carbocycles. The molecule has 0 aromatic carbocycles. The Labute approximate surface area is 110 Å². The fourth-order valence-corrected chi connectivity index (χ4v) is 3.37. The third-order valence-corrected chi connectivity index (χ3v) is 4.49. The van der Waals surface area contributed by atoms with Crippen molar-refractivity contribution in [3.63, 3.8) is 0 Å². The van der Waals surface area contributed by atoms with Crippen LogP contribution in [0.4, 0.5) is 5.69 Å². The van der Waals surface area contributed by atoms with Gasteiger partial charge in [-0.1, -0.05) is 11.3 Å². The van der Waals surface area contributed by atoms with E-state index in [1.807, 2.05) is 20.2 Å². The molecule has 1 N–H and O–H groups in total. The smallest absolute Gasteiger partial charge is 0.143 e. The lowest BCUT2D eigenvalue weighted by Crippen LogP contribution is -2.17. The van der Waals surface area contributed by atoms with Crippen molar-refractivity contribution in [3.8, 4) is 0 Å². The van der Waals surface area contributed by atoms with Gasteiger partial charge in [-0.2, -0.15) is 0 Å². The standard InChI is InChI=1S/C13H17N3OS/c1-8-16-11-10(13(4-5-13)7-17-3)9(14-2)6-15-12(11)18-8/h6,14H,4-5,7H2,1-3H3. The lowest BCUT2D eigenvalue weighted by Gasteiger charge is -2.18. The Balaban J connectivity index is 2.24. The Kier molecular flexibility index (Phi) is 2.75. The number of hydrogen-bond acceptors (Lipinski definition) is 5. The second-order valence-electron chi connectivity index (χ2n) is 4.90. The third-order valence-electron chi connectivity index (χ3n) is 3.61. The molecular weight excluding hydrogens is 246 g/mol. The Bertz CT molecular complexity index is 589. The van der Waals surface area contributed by atoms with Gasteiger partial charge in [0.25, 0.3) is 0 Å². The van der Waals surface area contributed by atoms with E-state index in [1.165, 1.54) is 18.4 Å². The first-order valence-electron chi connectivity index (χ1n) is 6.13. The zero-order chi connectivity index (χ0) is 12.8. The van der Waals surface area contributed by atoms with Gasteiger partial charge in [0.05, 0.1) is 23.5 Å². The van der Waals surface area contributed by atoms with E-state index in [0.29, 0.717) is 0 Å². The molecule has 96 valence electrons. The van der Waals surface area contributed by atoms with Crippen molar-refractivity contribution >= 4 is 27.4 Å². The van der Waals surface area contributed by atoms with Gasteiger partial charge < -0.3 is 10.1 Å². The summed E-state index contributed by atoms with van der Waals surface area (Å²) >= 11 is 1.66. The van der Waals surface area contributed by atoms with Gasteiger partial charge in [-0.3, -0.25) is 0 Å². The molecule has 0 spiro atoms. The highest BCUT2D eigenvalue weighted by molar-refractivity contribution is 7.18. The Morgan fingerprint density at radius 1 is 1.50 bits per heavy atom. The summed E-state index contributed by atoms with van der Waals surface area (Å²) in [6, 6.07) is 0. The molecule has 1 aliphatic carbocycles. The van der Waals surface area contributed by atoms with Crippen LogP contribution in [0.15, 0.2) is 6.20 Å². The first-order valence-corrected chi connectivity index (χ1v) is 6.95. The summed E-state index contributed by atoms with van der Waals surface area (Å²) < 4.78 is 5.41. The highest BCUT2D eigenvalue weighted by atomic mass is 32.1. The van der Waals surface area contributed by atoms with Gasteiger partial charge >= 0.3 is 0 Å². The first-order chi connectivity index (χ1) is 8.70. The van der Waals surface area contributed by atoms with E-state index in [-0.39, 0.29) is 5.41 Å². The Morgan fingerprint density at radius 2 is 2.28 bits per heavy atom. The molecule has 0 unspecified atom stereocenters. The van der Waals surface area contributed by atoms with E-state index in [4.69, 9.17) is 4.74 Å². The number of hydrogen-bond donors (Lipinski definition) is 1. The largest absolute Gasteiger partial charge is 0.387 e. The molecule has 5 heteroatoms. The minimum Gasteiger partial charge on any atom is -0.387 e. The van der Waals surface area contributed by atoms with Gasteiger partial charge in [0.15, 0.2) is 0 Å². The lowest BCUT2D eigenvalue weighted by atomic mass is 9.95. The number of aromatic nitrogens is 2. The zero-order valence-corrected chi connectivity index (χ0v) is 11.7. The van der Waals surface area contributed by atoms with Crippen LogP contribution in [0.3, 0.4) is 0 Å². The van der Waals surface area contributed by atoms with Gasteiger partial charge in [0.2, 0.25) is 0 Å². The molecule has 2 heterocycles. The van der Waals surface area contributed by atoms with Gasteiger partial charge in [0, 0.05) is 25.1 Å². The normalized spacial score (nSPS) is 17.1. The number of nitrogens with one attached hydrogen (secondary N) is 1. The van der Waals surface area contributed by atoms with Crippen LogP contribution in [-0.2, 0) is 10.2 Å². The second-order valence-corrected chi connectivity index (χ2v) is 6.08. The van der Waals surface area contributed by atoms with Crippen LogP contribution in [0, 0.1) is 6.92 Å². The number of aryl methyl sites for hydroxylation is 1. The maximum Gasteiger partial charge on any atom is 0.143 e. The fourth-order valence-electron chi connectivity index (χ4n) is 2.60. The van der Waals surface area contributed by atoms with Crippen molar-refractivity contribution in [2.75, 3.05) is 26.1 Å². The maximum absolute atomic E-state index is 5.41. The molecule has 0 atom stereocenters. The van der Waals surface area contributed by atoms with E-state index in [1.54, 1.807) is 18.4 Å². The number of ether oxygens (including phenoxy) is 1. The SMILES string of the molecule is CNc1cnc2sc(C)nc2c1C1(COC)CC1. The van der Waals surface area contributed by atoms with Crippen molar-refractivity contribution in [2.45, 2.75) is 25.2 Å². The summed E-state index contributed by atoms with van der Waals surface area (Å²) in [6.45, 7) is 2.79. The average molecular weight is 263 g/mol. The molecule has 18 heavy (non-hydrogen) atoms. The summed E-state index contributed by atoms with van der Waals surface area (Å²) in [4.78, 5) is 10.2. The van der Waals surface area contributed by atoms with Crippen molar-refractivity contribution < 1.29 is 4.74 Å². The van der Waals surface area contributed by atoms with Gasteiger partial charge in [0.1, 0.15) is 10.3 Å². The number of methoxy groups -OCH3 is 1. The summed E-state index contributed by atoms with van der Waals surface area (Å²) in [5.41, 5.74) is 3.58. The van der Waals surface area contributed by atoms with Gasteiger partial charge in [-0.15, -0.1) is 0 Å². The number of anilines is 1. The quantitative estimate of drug-likeness (QED) is 0.921. The molecule has 0 aliphatic heterocycles. The molecule has 2 aromatic rings. The molecule has 0 bridgehead atoms. The van der Waals surface area contributed by atoms with E-state index in [2.05, 4.69) is 15.3 Å². The number of rotatable bonds is 4. The monoisotopic (exact) mass is 263 g/mol. The first kappa shape index (κ1) is 11.9. The molecule has 0 radical (unpaired) electrons. The lowest BCUT2D eigenvalue weighted by molar-refractivity contribution is 0.172. The molecule has 2 aromatic heterocycles. The highest BCUT2D eigenvalue weighted by Gasteiger charge is 2.47. The molecular formula is C13H17N3OS. The average Bonchev–Trinajstić information content (AvgIpc) is 3.02. The van der Waals surface area contributed by atoms with Crippen molar-refractivity contribution in [2.24, 2.45) is 0 Å².